The van der Waals surface area contributed by atoms with Crippen molar-refractivity contribution in [2.75, 3.05) is 44.7 Å². The molecule has 4 rings (SSSR count). The van der Waals surface area contributed by atoms with Crippen LogP contribution in [0.3, 0.4) is 0 Å². The number of nitrogens with zero attached hydrogens (tertiary/aromatic N) is 2. The summed E-state index contributed by atoms with van der Waals surface area (Å²) in [5.41, 5.74) is 2.55. The Morgan fingerprint density at radius 2 is 1.74 bits per heavy atom. The van der Waals surface area contributed by atoms with Crippen LogP contribution in [-0.4, -0.2) is 55.2 Å². The van der Waals surface area contributed by atoms with Gasteiger partial charge < -0.3 is 19.7 Å². The van der Waals surface area contributed by atoms with E-state index < -0.39 is 0 Å². The molecule has 0 atom stereocenters. The number of hydrogen-bond acceptors (Lipinski definition) is 4. The van der Waals surface area contributed by atoms with Gasteiger partial charge in [0, 0.05) is 38.4 Å². The minimum Gasteiger partial charge on any atom is -0.489 e. The van der Waals surface area contributed by atoms with Crippen LogP contribution in [0.2, 0.25) is 0 Å². The molecule has 1 fully saturated rings. The predicted molar refractivity (Wildman–Crippen MR) is 135 cm³/mol. The number of benzene rings is 3. The smallest absolute Gasteiger partial charge is 0.322 e. The van der Waals surface area contributed by atoms with Crippen molar-refractivity contribution in [2.45, 2.75) is 19.6 Å². The second kappa shape index (κ2) is 12.9. The molecule has 3 aromatic carbocycles. The van der Waals surface area contributed by atoms with Gasteiger partial charge in [-0.2, -0.15) is 0 Å². The third kappa shape index (κ3) is 8.09. The summed E-state index contributed by atoms with van der Waals surface area (Å²) in [7, 11) is 0. The molecule has 0 unspecified atom stereocenters. The Morgan fingerprint density at radius 1 is 0.971 bits per heavy atom. The molecule has 1 aliphatic heterocycles. The number of amides is 2. The first kappa shape index (κ1) is 24.7. The molecule has 0 radical (unpaired) electrons. The third-order valence-electron chi connectivity index (χ3n) is 5.91. The number of halogens is 1. The number of morpholine rings is 1. The lowest BCUT2D eigenvalue weighted by atomic mass is 10.2. The van der Waals surface area contributed by atoms with Crippen molar-refractivity contribution in [1.29, 1.82) is 0 Å². The zero-order valence-electron chi connectivity index (χ0n) is 19.9. The lowest BCUT2D eigenvalue weighted by Gasteiger charge is -2.28. The van der Waals surface area contributed by atoms with Gasteiger partial charge in [0.2, 0.25) is 0 Å². The number of anilines is 1. The minimum absolute atomic E-state index is 0.248. The first-order valence-electron chi connectivity index (χ1n) is 12.0. The van der Waals surface area contributed by atoms with Crippen molar-refractivity contribution in [3.8, 4) is 5.75 Å². The van der Waals surface area contributed by atoms with Crippen LogP contribution in [0.5, 0.6) is 5.75 Å². The topological polar surface area (TPSA) is 54.0 Å². The van der Waals surface area contributed by atoms with E-state index >= 15 is 0 Å². The van der Waals surface area contributed by atoms with Crippen molar-refractivity contribution in [1.82, 2.24) is 9.80 Å². The van der Waals surface area contributed by atoms with E-state index in [0.29, 0.717) is 25.4 Å². The molecule has 0 saturated carbocycles. The summed E-state index contributed by atoms with van der Waals surface area (Å²) < 4.78 is 24.9. The largest absolute Gasteiger partial charge is 0.489 e. The molecule has 0 spiro atoms. The second-order valence-electron chi connectivity index (χ2n) is 8.59. The monoisotopic (exact) mass is 477 g/mol. The summed E-state index contributed by atoms with van der Waals surface area (Å²) in [4.78, 5) is 17.2. The van der Waals surface area contributed by atoms with E-state index in [-0.39, 0.29) is 11.8 Å². The van der Waals surface area contributed by atoms with Crippen molar-refractivity contribution in [2.24, 2.45) is 0 Å². The molecule has 7 heteroatoms. The van der Waals surface area contributed by atoms with Crippen LogP contribution in [0, 0.1) is 5.82 Å². The molecule has 0 aromatic heterocycles. The zero-order valence-corrected chi connectivity index (χ0v) is 19.9. The van der Waals surface area contributed by atoms with Crippen molar-refractivity contribution in [3.05, 3.63) is 95.8 Å². The number of hydrogen-bond donors (Lipinski definition) is 1. The number of rotatable bonds is 10. The Labute approximate surface area is 206 Å². The van der Waals surface area contributed by atoms with E-state index in [4.69, 9.17) is 9.47 Å². The van der Waals surface area contributed by atoms with Gasteiger partial charge in [0.1, 0.15) is 18.2 Å². The Bertz CT molecular complexity index is 1060. The van der Waals surface area contributed by atoms with Crippen molar-refractivity contribution >= 4 is 11.7 Å². The molecule has 3 aromatic rings. The van der Waals surface area contributed by atoms with E-state index in [2.05, 4.69) is 10.2 Å². The Balaban J connectivity index is 1.36. The molecule has 0 bridgehead atoms. The van der Waals surface area contributed by atoms with Gasteiger partial charge in [-0.05, 0) is 47.9 Å². The lowest BCUT2D eigenvalue weighted by molar-refractivity contribution is 0.0365. The lowest BCUT2D eigenvalue weighted by Crippen LogP contribution is -2.40. The molecule has 1 aliphatic rings. The number of carbonyl (C=O) groups is 1. The van der Waals surface area contributed by atoms with Crippen LogP contribution in [0.25, 0.3) is 0 Å². The molecule has 6 nitrogen and oxygen atoms in total. The van der Waals surface area contributed by atoms with E-state index in [1.165, 1.54) is 12.1 Å². The fourth-order valence-corrected chi connectivity index (χ4v) is 3.98. The standard InChI is InChI=1S/C28H32FN3O3/c29-25-8-4-9-26(20-25)30-28(33)32(15-5-14-31-16-18-34-19-17-31)21-23-10-12-27(13-11-23)35-22-24-6-2-1-3-7-24/h1-4,6-13,20H,5,14-19,21-22H2,(H,30,33). The first-order valence-corrected chi connectivity index (χ1v) is 12.0. The highest BCUT2D eigenvalue weighted by atomic mass is 19.1. The SMILES string of the molecule is O=C(Nc1cccc(F)c1)N(CCCN1CCOCC1)Cc1ccc(OCc2ccccc2)cc1. The van der Waals surface area contributed by atoms with E-state index in [0.717, 1.165) is 56.1 Å². The molecular formula is C28H32FN3O3. The summed E-state index contributed by atoms with van der Waals surface area (Å²) in [5.74, 6) is 0.397. The first-order chi connectivity index (χ1) is 17.2. The predicted octanol–water partition coefficient (Wildman–Crippen LogP) is 5.16. The number of urea groups is 1. The Kier molecular flexibility index (Phi) is 9.09. The summed E-state index contributed by atoms with van der Waals surface area (Å²) in [5, 5.41) is 2.83. The molecule has 2 amide bonds. The van der Waals surface area contributed by atoms with Crippen LogP contribution in [0.15, 0.2) is 78.9 Å². The van der Waals surface area contributed by atoms with Gasteiger partial charge in [0.25, 0.3) is 0 Å². The quantitative estimate of drug-likeness (QED) is 0.438. The highest BCUT2D eigenvalue weighted by molar-refractivity contribution is 5.89. The molecule has 35 heavy (non-hydrogen) atoms. The van der Waals surface area contributed by atoms with Crippen LogP contribution in [-0.2, 0) is 17.9 Å². The molecule has 0 aliphatic carbocycles. The maximum Gasteiger partial charge on any atom is 0.322 e. The number of nitrogens with one attached hydrogen (secondary N) is 1. The fourth-order valence-electron chi connectivity index (χ4n) is 3.98. The molecular weight excluding hydrogens is 445 g/mol. The van der Waals surface area contributed by atoms with Crippen molar-refractivity contribution in [3.63, 3.8) is 0 Å². The van der Waals surface area contributed by atoms with Crippen LogP contribution < -0.4 is 10.1 Å². The summed E-state index contributed by atoms with van der Waals surface area (Å²) >= 11 is 0. The second-order valence-corrected chi connectivity index (χ2v) is 8.59. The van der Waals surface area contributed by atoms with Gasteiger partial charge in [0.15, 0.2) is 0 Å². The highest BCUT2D eigenvalue weighted by Gasteiger charge is 2.16. The Hall–Kier alpha value is -3.42. The highest BCUT2D eigenvalue weighted by Crippen LogP contribution is 2.17. The van der Waals surface area contributed by atoms with E-state index in [9.17, 15) is 9.18 Å². The van der Waals surface area contributed by atoms with Gasteiger partial charge in [0.05, 0.1) is 13.2 Å². The number of ether oxygens (including phenoxy) is 2. The Morgan fingerprint density at radius 3 is 2.49 bits per heavy atom. The summed E-state index contributed by atoms with van der Waals surface area (Å²) in [6, 6.07) is 23.5. The summed E-state index contributed by atoms with van der Waals surface area (Å²) in [6.07, 6.45) is 0.842. The maximum absolute atomic E-state index is 13.6. The normalized spacial score (nSPS) is 13.9. The average Bonchev–Trinajstić information content (AvgIpc) is 2.89. The molecule has 1 N–H and O–H groups in total. The van der Waals surface area contributed by atoms with E-state index in [1.54, 1.807) is 17.0 Å². The third-order valence-corrected chi connectivity index (χ3v) is 5.91. The molecule has 1 heterocycles. The van der Waals surface area contributed by atoms with E-state index in [1.807, 2.05) is 54.6 Å². The molecule has 184 valence electrons. The summed E-state index contributed by atoms with van der Waals surface area (Å²) in [6.45, 7) is 5.78. The van der Waals surface area contributed by atoms with Crippen LogP contribution >= 0.6 is 0 Å². The molecule has 1 saturated heterocycles. The van der Waals surface area contributed by atoms with Gasteiger partial charge in [-0.3, -0.25) is 4.90 Å². The maximum atomic E-state index is 13.6. The number of carbonyl (C=O) groups excluding carboxylic acids is 1. The van der Waals surface area contributed by atoms with Gasteiger partial charge >= 0.3 is 6.03 Å². The average molecular weight is 478 g/mol. The fraction of sp³-hybridized carbons (Fsp3) is 0.321. The van der Waals surface area contributed by atoms with Gasteiger partial charge in [-0.25, -0.2) is 9.18 Å². The van der Waals surface area contributed by atoms with Crippen LogP contribution in [0.1, 0.15) is 17.5 Å². The zero-order chi connectivity index (χ0) is 24.3. The van der Waals surface area contributed by atoms with Gasteiger partial charge in [-0.15, -0.1) is 0 Å². The van der Waals surface area contributed by atoms with Gasteiger partial charge in [-0.1, -0.05) is 48.5 Å². The minimum atomic E-state index is -0.382. The van der Waals surface area contributed by atoms with Crippen molar-refractivity contribution < 1.29 is 18.7 Å². The van der Waals surface area contributed by atoms with Crippen LogP contribution in [0.4, 0.5) is 14.9 Å².